The zero-order chi connectivity index (χ0) is 21.5. The quantitative estimate of drug-likeness (QED) is 0.499. The highest BCUT2D eigenvalue weighted by atomic mass is 32.2. The Kier molecular flexibility index (Phi) is 7.35. The lowest BCUT2D eigenvalue weighted by Gasteiger charge is -2.10. The van der Waals surface area contributed by atoms with E-state index < -0.39 is 0 Å². The third kappa shape index (κ3) is 5.54. The van der Waals surface area contributed by atoms with Crippen molar-refractivity contribution in [3.63, 3.8) is 0 Å². The Morgan fingerprint density at radius 1 is 1.13 bits per heavy atom. The first-order valence-corrected chi connectivity index (χ1v) is 10.8. The number of aryl methyl sites for hydroxylation is 2. The molecule has 1 heterocycles. The normalized spacial score (nSPS) is 10.7. The van der Waals surface area contributed by atoms with E-state index in [1.165, 1.54) is 17.3 Å². The molecule has 0 saturated heterocycles. The van der Waals surface area contributed by atoms with Crippen molar-refractivity contribution in [2.45, 2.75) is 39.0 Å². The van der Waals surface area contributed by atoms with E-state index >= 15 is 0 Å². The third-order valence-electron chi connectivity index (χ3n) is 4.64. The lowest BCUT2D eigenvalue weighted by atomic mass is 10.1. The van der Waals surface area contributed by atoms with Crippen LogP contribution in [-0.2, 0) is 17.9 Å². The maximum atomic E-state index is 12.4. The molecular formula is C22H27N5O2S. The molecule has 0 aliphatic carbocycles. The summed E-state index contributed by atoms with van der Waals surface area (Å²) in [6, 6.07) is 13.7. The second kappa shape index (κ2) is 10.2. The number of anilines is 2. The molecule has 8 heteroatoms. The van der Waals surface area contributed by atoms with E-state index in [1.807, 2.05) is 61.7 Å². The van der Waals surface area contributed by atoms with Crippen LogP contribution in [0.2, 0.25) is 0 Å². The van der Waals surface area contributed by atoms with Crippen molar-refractivity contribution in [1.82, 2.24) is 14.8 Å². The van der Waals surface area contributed by atoms with Crippen molar-refractivity contribution in [2.75, 3.05) is 23.5 Å². The average molecular weight is 426 g/mol. The maximum absolute atomic E-state index is 12.4. The van der Waals surface area contributed by atoms with Gasteiger partial charge >= 0.3 is 0 Å². The van der Waals surface area contributed by atoms with Crippen molar-refractivity contribution >= 4 is 29.0 Å². The summed E-state index contributed by atoms with van der Waals surface area (Å²) in [4.78, 5) is 12.4. The molecule has 0 aliphatic rings. The van der Waals surface area contributed by atoms with Gasteiger partial charge in [-0.15, -0.1) is 10.2 Å². The van der Waals surface area contributed by atoms with Gasteiger partial charge in [-0.1, -0.05) is 29.5 Å². The van der Waals surface area contributed by atoms with Gasteiger partial charge in [0, 0.05) is 17.9 Å². The van der Waals surface area contributed by atoms with Gasteiger partial charge in [-0.25, -0.2) is 0 Å². The van der Waals surface area contributed by atoms with Crippen LogP contribution in [0.25, 0.3) is 0 Å². The van der Waals surface area contributed by atoms with Gasteiger partial charge in [0.1, 0.15) is 5.75 Å². The summed E-state index contributed by atoms with van der Waals surface area (Å²) in [6.45, 7) is 7.34. The molecule has 30 heavy (non-hydrogen) atoms. The predicted octanol–water partition coefficient (Wildman–Crippen LogP) is 4.27. The Hall–Kier alpha value is -3.00. The largest absolute Gasteiger partial charge is 0.497 e. The molecule has 3 aromatic rings. The molecule has 0 bridgehead atoms. The summed E-state index contributed by atoms with van der Waals surface area (Å²) in [7, 11) is 1.65. The third-order valence-corrected chi connectivity index (χ3v) is 5.61. The zero-order valence-electron chi connectivity index (χ0n) is 17.7. The predicted molar refractivity (Wildman–Crippen MR) is 121 cm³/mol. The number of carbonyl (C=O) groups excluding carboxylic acids is 1. The summed E-state index contributed by atoms with van der Waals surface area (Å²) in [5.74, 6) is 1.85. The van der Waals surface area contributed by atoms with Crippen LogP contribution in [0, 0.1) is 13.8 Å². The van der Waals surface area contributed by atoms with Gasteiger partial charge in [0.05, 0.1) is 19.4 Å². The number of aromatic nitrogens is 3. The van der Waals surface area contributed by atoms with E-state index in [-0.39, 0.29) is 11.7 Å². The van der Waals surface area contributed by atoms with Gasteiger partial charge in [-0.05, 0) is 56.7 Å². The van der Waals surface area contributed by atoms with Gasteiger partial charge in [0.25, 0.3) is 0 Å². The van der Waals surface area contributed by atoms with Crippen molar-refractivity contribution in [2.24, 2.45) is 0 Å². The average Bonchev–Trinajstić information content (AvgIpc) is 3.15. The molecule has 1 aromatic heterocycles. The summed E-state index contributed by atoms with van der Waals surface area (Å²) >= 11 is 1.39. The molecule has 1 amide bonds. The van der Waals surface area contributed by atoms with Crippen LogP contribution >= 0.6 is 11.8 Å². The molecule has 0 unspecified atom stereocenters. The molecule has 0 saturated carbocycles. The minimum absolute atomic E-state index is 0.0597. The van der Waals surface area contributed by atoms with E-state index in [0.29, 0.717) is 6.54 Å². The first-order valence-electron chi connectivity index (χ1n) is 9.80. The summed E-state index contributed by atoms with van der Waals surface area (Å²) in [5.41, 5.74) is 4.04. The topological polar surface area (TPSA) is 81.1 Å². The van der Waals surface area contributed by atoms with Crippen molar-refractivity contribution < 1.29 is 9.53 Å². The van der Waals surface area contributed by atoms with Crippen LogP contribution in [0.4, 0.5) is 11.4 Å². The molecule has 0 aliphatic heterocycles. The first kappa shape index (κ1) is 21.7. The van der Waals surface area contributed by atoms with Crippen molar-refractivity contribution in [3.05, 3.63) is 59.4 Å². The van der Waals surface area contributed by atoms with E-state index in [9.17, 15) is 4.79 Å². The van der Waals surface area contributed by atoms with Crippen LogP contribution in [0.1, 0.15) is 23.9 Å². The molecule has 0 spiro atoms. The number of benzene rings is 2. The Labute approximate surface area is 181 Å². The monoisotopic (exact) mass is 425 g/mol. The summed E-state index contributed by atoms with van der Waals surface area (Å²) < 4.78 is 7.20. The molecule has 0 atom stereocenters. The standard InChI is InChI=1S/C22H27N5O2S/c1-5-27-20(13-23-17-7-9-18(29-4)10-8-17)25-26-22(27)30-14-21(28)24-19-11-6-15(2)12-16(19)3/h6-12,23H,5,13-14H2,1-4H3,(H,24,28). The smallest absolute Gasteiger partial charge is 0.234 e. The van der Waals surface area contributed by atoms with E-state index in [4.69, 9.17) is 4.74 Å². The first-order chi connectivity index (χ1) is 14.5. The zero-order valence-corrected chi connectivity index (χ0v) is 18.5. The number of hydrogen-bond acceptors (Lipinski definition) is 6. The van der Waals surface area contributed by atoms with Crippen LogP contribution in [0.15, 0.2) is 47.6 Å². The highest BCUT2D eigenvalue weighted by molar-refractivity contribution is 7.99. The van der Waals surface area contributed by atoms with E-state index in [2.05, 4.69) is 26.9 Å². The molecule has 0 radical (unpaired) electrons. The second-order valence-electron chi connectivity index (χ2n) is 6.88. The highest BCUT2D eigenvalue weighted by Crippen LogP contribution is 2.21. The molecule has 158 valence electrons. The fraction of sp³-hybridized carbons (Fsp3) is 0.318. The minimum atomic E-state index is -0.0597. The number of hydrogen-bond donors (Lipinski definition) is 2. The lowest BCUT2D eigenvalue weighted by molar-refractivity contribution is -0.113. The van der Waals surface area contributed by atoms with Gasteiger partial charge < -0.3 is 19.9 Å². The van der Waals surface area contributed by atoms with Crippen LogP contribution in [0.3, 0.4) is 0 Å². The SMILES string of the molecule is CCn1c(CNc2ccc(OC)cc2)nnc1SCC(=O)Nc1ccc(C)cc1C. The number of rotatable bonds is 9. The molecule has 2 aromatic carbocycles. The summed E-state index contributed by atoms with van der Waals surface area (Å²) in [6.07, 6.45) is 0. The minimum Gasteiger partial charge on any atom is -0.497 e. The molecular weight excluding hydrogens is 398 g/mol. The Bertz CT molecular complexity index is 1000. The van der Waals surface area contributed by atoms with Gasteiger partial charge in [-0.3, -0.25) is 4.79 Å². The Morgan fingerprint density at radius 2 is 1.90 bits per heavy atom. The van der Waals surface area contributed by atoms with E-state index in [0.717, 1.165) is 40.2 Å². The summed E-state index contributed by atoms with van der Waals surface area (Å²) in [5, 5.41) is 15.6. The van der Waals surface area contributed by atoms with Gasteiger partial charge in [0.15, 0.2) is 11.0 Å². The fourth-order valence-corrected chi connectivity index (χ4v) is 3.86. The van der Waals surface area contributed by atoms with Crippen LogP contribution < -0.4 is 15.4 Å². The van der Waals surface area contributed by atoms with Crippen molar-refractivity contribution in [3.8, 4) is 5.75 Å². The van der Waals surface area contributed by atoms with Gasteiger partial charge in [-0.2, -0.15) is 0 Å². The Balaban J connectivity index is 1.57. The fourth-order valence-electron chi connectivity index (χ4n) is 3.03. The number of amides is 1. The van der Waals surface area contributed by atoms with Crippen molar-refractivity contribution in [1.29, 1.82) is 0 Å². The molecule has 2 N–H and O–H groups in total. The van der Waals surface area contributed by atoms with Gasteiger partial charge in [0.2, 0.25) is 5.91 Å². The lowest BCUT2D eigenvalue weighted by Crippen LogP contribution is -2.15. The number of thioether (sulfide) groups is 1. The highest BCUT2D eigenvalue weighted by Gasteiger charge is 2.13. The maximum Gasteiger partial charge on any atom is 0.234 e. The number of nitrogens with zero attached hydrogens (tertiary/aromatic N) is 3. The Morgan fingerprint density at radius 3 is 2.57 bits per heavy atom. The number of nitrogens with one attached hydrogen (secondary N) is 2. The number of ether oxygens (including phenoxy) is 1. The molecule has 0 fully saturated rings. The second-order valence-corrected chi connectivity index (χ2v) is 7.82. The number of methoxy groups -OCH3 is 1. The van der Waals surface area contributed by atoms with E-state index in [1.54, 1.807) is 7.11 Å². The number of carbonyl (C=O) groups is 1. The van der Waals surface area contributed by atoms with Crippen LogP contribution in [0.5, 0.6) is 5.75 Å². The molecule has 7 nitrogen and oxygen atoms in total. The molecule has 3 rings (SSSR count). The van der Waals surface area contributed by atoms with Crippen LogP contribution in [-0.4, -0.2) is 33.5 Å².